The number of carbonyl (C=O) groups is 1. The van der Waals surface area contributed by atoms with Gasteiger partial charge in [0.25, 0.3) is 0 Å². The molecule has 1 heterocycles. The number of hydrogen-bond donors (Lipinski definition) is 6. The molecule has 1 fully saturated rings. The fraction of sp³-hybridized carbons (Fsp3) is 0.741. The van der Waals surface area contributed by atoms with Gasteiger partial charge in [-0.15, -0.1) is 0 Å². The second-order valence-electron chi connectivity index (χ2n) is 18.6. The minimum absolute atomic E-state index is 0.196. The maximum Gasteiger partial charge on any atom is 0.220 e. The quantitative estimate of drug-likeness (QED) is 0.0261. The summed E-state index contributed by atoms with van der Waals surface area (Å²) in [5.41, 5.74) is 0. The summed E-state index contributed by atoms with van der Waals surface area (Å²) in [6.45, 7) is 3.64. The molecule has 386 valence electrons. The highest BCUT2D eigenvalue weighted by Gasteiger charge is 2.44. The Morgan fingerprint density at radius 1 is 0.522 bits per heavy atom. The van der Waals surface area contributed by atoms with Crippen LogP contribution in [0.1, 0.15) is 219 Å². The molecule has 0 aromatic heterocycles. The van der Waals surface area contributed by atoms with Gasteiger partial charge in [0.2, 0.25) is 5.91 Å². The van der Waals surface area contributed by atoms with E-state index in [1.54, 1.807) is 6.08 Å². The molecule has 7 atom stereocenters. The summed E-state index contributed by atoms with van der Waals surface area (Å²) in [7, 11) is 0. The lowest BCUT2D eigenvalue weighted by molar-refractivity contribution is -0.302. The first kappa shape index (κ1) is 62.4. The van der Waals surface area contributed by atoms with Crippen molar-refractivity contribution in [3.8, 4) is 0 Å². The van der Waals surface area contributed by atoms with E-state index < -0.39 is 49.5 Å². The monoisotopic (exact) mass is 940 g/mol. The Kier molecular flexibility index (Phi) is 43.8. The third-order valence-corrected chi connectivity index (χ3v) is 12.4. The first-order valence-electron chi connectivity index (χ1n) is 27.3. The van der Waals surface area contributed by atoms with Gasteiger partial charge in [-0.2, -0.15) is 0 Å². The van der Waals surface area contributed by atoms with Gasteiger partial charge < -0.3 is 40.3 Å². The largest absolute Gasteiger partial charge is 0.394 e. The van der Waals surface area contributed by atoms with E-state index in [0.29, 0.717) is 6.42 Å². The zero-order valence-corrected chi connectivity index (χ0v) is 42.6. The smallest absolute Gasteiger partial charge is 0.220 e. The van der Waals surface area contributed by atoms with Crippen LogP contribution in [0.5, 0.6) is 0 Å². The van der Waals surface area contributed by atoms with E-state index in [0.717, 1.165) is 77.0 Å². The highest BCUT2D eigenvalue weighted by atomic mass is 16.7. The fourth-order valence-electron chi connectivity index (χ4n) is 8.12. The van der Waals surface area contributed by atoms with Crippen LogP contribution in [0, 0.1) is 0 Å². The van der Waals surface area contributed by atoms with Crippen molar-refractivity contribution in [1.82, 2.24) is 5.32 Å². The number of carbonyl (C=O) groups excluding carboxylic acids is 1. The molecule has 0 saturated carbocycles. The summed E-state index contributed by atoms with van der Waals surface area (Å²) in [5.74, 6) is -0.196. The molecule has 1 aliphatic rings. The minimum atomic E-state index is -1.58. The molecule has 0 aliphatic carbocycles. The number of amides is 1. The molecule has 1 aliphatic heterocycles. The maximum atomic E-state index is 13.0. The van der Waals surface area contributed by atoms with Crippen molar-refractivity contribution < 1.29 is 39.8 Å². The Morgan fingerprint density at radius 2 is 0.940 bits per heavy atom. The van der Waals surface area contributed by atoms with E-state index in [-0.39, 0.29) is 12.5 Å². The van der Waals surface area contributed by atoms with Gasteiger partial charge in [-0.25, -0.2) is 0 Å². The lowest BCUT2D eigenvalue weighted by Crippen LogP contribution is -2.60. The third kappa shape index (κ3) is 36.9. The molecular formula is C58H101NO8. The molecular weight excluding hydrogens is 839 g/mol. The summed E-state index contributed by atoms with van der Waals surface area (Å²) >= 11 is 0. The predicted molar refractivity (Wildman–Crippen MR) is 281 cm³/mol. The molecule has 0 bridgehead atoms. The van der Waals surface area contributed by atoms with Crippen molar-refractivity contribution in [3.63, 3.8) is 0 Å². The Morgan fingerprint density at radius 3 is 1.43 bits per heavy atom. The summed E-state index contributed by atoms with van der Waals surface area (Å²) in [4.78, 5) is 13.0. The Labute approximate surface area is 410 Å². The van der Waals surface area contributed by atoms with Crippen molar-refractivity contribution in [3.05, 3.63) is 85.1 Å². The van der Waals surface area contributed by atoms with Gasteiger partial charge in [-0.3, -0.25) is 4.79 Å². The van der Waals surface area contributed by atoms with E-state index in [1.165, 1.54) is 122 Å². The van der Waals surface area contributed by atoms with Crippen LogP contribution in [0.15, 0.2) is 85.1 Å². The maximum absolute atomic E-state index is 13.0. The summed E-state index contributed by atoms with van der Waals surface area (Å²) in [5, 5.41) is 54.4. The molecule has 0 spiro atoms. The van der Waals surface area contributed by atoms with Gasteiger partial charge >= 0.3 is 0 Å². The molecule has 1 saturated heterocycles. The number of rotatable bonds is 45. The Hall–Kier alpha value is -2.63. The van der Waals surface area contributed by atoms with Crippen LogP contribution in [0.4, 0.5) is 0 Å². The molecule has 7 unspecified atom stereocenters. The fourth-order valence-corrected chi connectivity index (χ4v) is 8.12. The molecule has 0 aromatic carbocycles. The normalized spacial score (nSPS) is 20.4. The number of hydrogen-bond acceptors (Lipinski definition) is 8. The van der Waals surface area contributed by atoms with Gasteiger partial charge in [-0.1, -0.05) is 214 Å². The van der Waals surface area contributed by atoms with Crippen LogP contribution in [0.3, 0.4) is 0 Å². The van der Waals surface area contributed by atoms with Crippen LogP contribution >= 0.6 is 0 Å². The van der Waals surface area contributed by atoms with E-state index in [2.05, 4.69) is 92.1 Å². The molecule has 0 radical (unpaired) electrons. The highest BCUT2D eigenvalue weighted by molar-refractivity contribution is 5.76. The van der Waals surface area contributed by atoms with E-state index in [4.69, 9.17) is 9.47 Å². The lowest BCUT2D eigenvalue weighted by Gasteiger charge is -2.40. The molecule has 9 heteroatoms. The number of unbranched alkanes of at least 4 members (excludes halogenated alkanes) is 23. The van der Waals surface area contributed by atoms with Crippen molar-refractivity contribution in [1.29, 1.82) is 0 Å². The first-order chi connectivity index (χ1) is 32.8. The van der Waals surface area contributed by atoms with Gasteiger partial charge in [0, 0.05) is 6.42 Å². The molecule has 1 rings (SSSR count). The van der Waals surface area contributed by atoms with Crippen LogP contribution in [-0.2, 0) is 14.3 Å². The average Bonchev–Trinajstić information content (AvgIpc) is 3.33. The first-order valence-corrected chi connectivity index (χ1v) is 27.3. The van der Waals surface area contributed by atoms with E-state index in [1.807, 2.05) is 6.08 Å². The molecule has 0 aromatic rings. The molecule has 9 nitrogen and oxygen atoms in total. The summed E-state index contributed by atoms with van der Waals surface area (Å²) in [6, 6.07) is -0.834. The van der Waals surface area contributed by atoms with Crippen LogP contribution in [-0.4, -0.2) is 87.5 Å². The topological polar surface area (TPSA) is 149 Å². The van der Waals surface area contributed by atoms with Crippen molar-refractivity contribution in [2.24, 2.45) is 0 Å². The van der Waals surface area contributed by atoms with E-state index >= 15 is 0 Å². The van der Waals surface area contributed by atoms with Gasteiger partial charge in [0.1, 0.15) is 24.4 Å². The number of ether oxygens (including phenoxy) is 2. The second-order valence-corrected chi connectivity index (χ2v) is 18.6. The van der Waals surface area contributed by atoms with Gasteiger partial charge in [-0.05, 0) is 83.5 Å². The number of aliphatic hydroxyl groups is 5. The van der Waals surface area contributed by atoms with Crippen molar-refractivity contribution in [2.75, 3.05) is 13.2 Å². The van der Waals surface area contributed by atoms with Crippen molar-refractivity contribution in [2.45, 2.75) is 262 Å². The molecule has 1 amide bonds. The SMILES string of the molecule is CC/C=C\C/C=C\C/C=C\C/C=C\CCCCCCCCCCCCCCC(=O)NC(COC1OC(CO)C(O)C(O)C1O)C(O)/C=C/CC/C=C/CC/C=C/CCCCCCCCCCC. The van der Waals surface area contributed by atoms with Gasteiger partial charge in [0.15, 0.2) is 6.29 Å². The van der Waals surface area contributed by atoms with Crippen LogP contribution in [0.25, 0.3) is 0 Å². The molecule has 6 N–H and O–H groups in total. The average molecular weight is 940 g/mol. The summed E-state index contributed by atoms with van der Waals surface area (Å²) in [6.07, 6.45) is 59.2. The zero-order valence-electron chi connectivity index (χ0n) is 42.6. The Balaban J connectivity index is 2.29. The van der Waals surface area contributed by atoms with Crippen molar-refractivity contribution >= 4 is 5.91 Å². The standard InChI is InChI=1S/C58H101NO8/c1-3-5-7-9-11-13-15-17-19-21-23-24-25-26-27-28-30-32-34-36-38-40-42-44-46-48-54(62)59-51(50-66-58-57(65)56(64)55(63)53(49-60)67-58)52(61)47-45-43-41-39-37-35-33-31-29-22-20-18-16-14-12-10-8-6-4-2/h5,7,11,13,17,19,23-24,29,31,37,39,45,47,51-53,55-58,60-61,63-65H,3-4,6,8-10,12,14-16,18,20-22,25-28,30,32-36,38,40-44,46,48-50H2,1-2H3,(H,59,62)/b7-5-,13-11-,19-17-,24-23-,31-29+,39-37+,47-45+. The second kappa shape index (κ2) is 47.1. The van der Waals surface area contributed by atoms with E-state index in [9.17, 15) is 30.3 Å². The number of nitrogens with one attached hydrogen (secondary N) is 1. The number of aliphatic hydroxyl groups excluding tert-OH is 5. The minimum Gasteiger partial charge on any atom is -0.394 e. The highest BCUT2D eigenvalue weighted by Crippen LogP contribution is 2.23. The van der Waals surface area contributed by atoms with Gasteiger partial charge in [0.05, 0.1) is 25.4 Å². The lowest BCUT2D eigenvalue weighted by atomic mass is 9.99. The predicted octanol–water partition coefficient (Wildman–Crippen LogP) is 13.1. The Bertz CT molecular complexity index is 1320. The zero-order chi connectivity index (χ0) is 48.7. The number of allylic oxidation sites excluding steroid dienone is 13. The van der Waals surface area contributed by atoms with Crippen LogP contribution < -0.4 is 5.32 Å². The molecule has 67 heavy (non-hydrogen) atoms. The third-order valence-electron chi connectivity index (χ3n) is 12.4. The van der Waals surface area contributed by atoms with Crippen LogP contribution in [0.2, 0.25) is 0 Å². The summed E-state index contributed by atoms with van der Waals surface area (Å²) < 4.78 is 11.2.